The summed E-state index contributed by atoms with van der Waals surface area (Å²) in [4.78, 5) is 14.3. The van der Waals surface area contributed by atoms with Gasteiger partial charge in [0.05, 0.1) is 6.04 Å². The maximum absolute atomic E-state index is 12.0. The highest BCUT2D eigenvalue weighted by Gasteiger charge is 2.34. The largest absolute Gasteiger partial charge is 0.355 e. The van der Waals surface area contributed by atoms with Crippen molar-refractivity contribution in [3.63, 3.8) is 0 Å². The Labute approximate surface area is 105 Å². The Morgan fingerprint density at radius 2 is 2.18 bits per heavy atom. The Hall–Kier alpha value is -0.610. The Bertz CT molecular complexity index is 229. The van der Waals surface area contributed by atoms with Crippen molar-refractivity contribution in [3.8, 4) is 0 Å². The van der Waals surface area contributed by atoms with Crippen molar-refractivity contribution >= 4 is 5.91 Å². The van der Waals surface area contributed by atoms with E-state index in [0.717, 1.165) is 32.4 Å². The number of carbonyl (C=O) groups is 1. The maximum atomic E-state index is 12.0. The minimum absolute atomic E-state index is 0.00842. The summed E-state index contributed by atoms with van der Waals surface area (Å²) >= 11 is 0. The van der Waals surface area contributed by atoms with Gasteiger partial charge in [0.2, 0.25) is 5.91 Å². The standard InChI is InChI=1S/C13H27N3O/c1-3-4-9-15-13(17)11(2)16(10-5-8-14)12-6-7-12/h11-12H,3-10,14H2,1-2H3,(H,15,17). The third-order valence-electron chi connectivity index (χ3n) is 3.34. The van der Waals surface area contributed by atoms with Gasteiger partial charge in [0.1, 0.15) is 0 Å². The molecule has 100 valence electrons. The molecule has 0 aromatic carbocycles. The van der Waals surface area contributed by atoms with Gasteiger partial charge in [0.25, 0.3) is 0 Å². The molecule has 1 saturated carbocycles. The summed E-state index contributed by atoms with van der Waals surface area (Å²) in [6.45, 7) is 6.59. The number of hydrogen-bond donors (Lipinski definition) is 2. The molecule has 0 saturated heterocycles. The molecule has 0 radical (unpaired) electrons. The smallest absolute Gasteiger partial charge is 0.237 e. The van der Waals surface area contributed by atoms with Gasteiger partial charge in [-0.05, 0) is 39.2 Å². The number of nitrogens with two attached hydrogens (primary N) is 1. The van der Waals surface area contributed by atoms with Crippen LogP contribution in [0.15, 0.2) is 0 Å². The van der Waals surface area contributed by atoms with Gasteiger partial charge in [-0.25, -0.2) is 0 Å². The van der Waals surface area contributed by atoms with Gasteiger partial charge >= 0.3 is 0 Å². The summed E-state index contributed by atoms with van der Waals surface area (Å²) in [5.41, 5.74) is 5.54. The van der Waals surface area contributed by atoms with Crippen molar-refractivity contribution in [2.24, 2.45) is 5.73 Å². The van der Waals surface area contributed by atoms with Crippen LogP contribution in [0.1, 0.15) is 46.0 Å². The van der Waals surface area contributed by atoms with Gasteiger partial charge in [-0.1, -0.05) is 13.3 Å². The van der Waals surface area contributed by atoms with Crippen LogP contribution in [0, 0.1) is 0 Å². The summed E-state index contributed by atoms with van der Waals surface area (Å²) in [7, 11) is 0. The zero-order valence-corrected chi connectivity index (χ0v) is 11.2. The van der Waals surface area contributed by atoms with Crippen molar-refractivity contribution in [2.75, 3.05) is 19.6 Å². The fourth-order valence-corrected chi connectivity index (χ4v) is 2.06. The van der Waals surface area contributed by atoms with Crippen LogP contribution in [0.3, 0.4) is 0 Å². The summed E-state index contributed by atoms with van der Waals surface area (Å²) in [6.07, 6.45) is 5.62. The first-order chi connectivity index (χ1) is 8.20. The lowest BCUT2D eigenvalue weighted by molar-refractivity contribution is -0.126. The van der Waals surface area contributed by atoms with Crippen LogP contribution in [-0.4, -0.2) is 42.5 Å². The lowest BCUT2D eigenvalue weighted by Crippen LogP contribution is -2.47. The van der Waals surface area contributed by atoms with Gasteiger partial charge in [0, 0.05) is 19.1 Å². The Balaban J connectivity index is 2.34. The van der Waals surface area contributed by atoms with E-state index in [0.29, 0.717) is 12.6 Å². The highest BCUT2D eigenvalue weighted by Crippen LogP contribution is 2.28. The number of carbonyl (C=O) groups excluding carboxylic acids is 1. The lowest BCUT2D eigenvalue weighted by Gasteiger charge is -2.28. The first-order valence-corrected chi connectivity index (χ1v) is 6.94. The highest BCUT2D eigenvalue weighted by atomic mass is 16.2. The average molecular weight is 241 g/mol. The van der Waals surface area contributed by atoms with E-state index in [4.69, 9.17) is 5.73 Å². The fourth-order valence-electron chi connectivity index (χ4n) is 2.06. The molecular formula is C13H27N3O. The molecule has 1 rings (SSSR count). The van der Waals surface area contributed by atoms with Crippen molar-refractivity contribution in [1.82, 2.24) is 10.2 Å². The second-order valence-corrected chi connectivity index (χ2v) is 4.93. The molecule has 0 aromatic heterocycles. The van der Waals surface area contributed by atoms with E-state index in [1.54, 1.807) is 0 Å². The summed E-state index contributed by atoms with van der Waals surface area (Å²) < 4.78 is 0. The molecular weight excluding hydrogens is 214 g/mol. The van der Waals surface area contributed by atoms with E-state index in [1.165, 1.54) is 12.8 Å². The topological polar surface area (TPSA) is 58.4 Å². The monoisotopic (exact) mass is 241 g/mol. The van der Waals surface area contributed by atoms with Gasteiger partial charge in [0.15, 0.2) is 0 Å². The molecule has 1 amide bonds. The average Bonchev–Trinajstić information content (AvgIpc) is 3.14. The molecule has 4 heteroatoms. The molecule has 0 bridgehead atoms. The molecule has 17 heavy (non-hydrogen) atoms. The van der Waals surface area contributed by atoms with Gasteiger partial charge in [-0.3, -0.25) is 9.69 Å². The lowest BCUT2D eigenvalue weighted by atomic mass is 10.2. The van der Waals surface area contributed by atoms with Crippen molar-refractivity contribution in [1.29, 1.82) is 0 Å². The minimum atomic E-state index is -0.00842. The normalized spacial score (nSPS) is 17.2. The quantitative estimate of drug-likeness (QED) is 0.594. The van der Waals surface area contributed by atoms with Crippen LogP contribution >= 0.6 is 0 Å². The van der Waals surface area contributed by atoms with Crippen LogP contribution < -0.4 is 11.1 Å². The van der Waals surface area contributed by atoms with E-state index in [9.17, 15) is 4.79 Å². The van der Waals surface area contributed by atoms with Crippen LogP contribution in [-0.2, 0) is 4.79 Å². The van der Waals surface area contributed by atoms with Crippen LogP contribution in [0.2, 0.25) is 0 Å². The van der Waals surface area contributed by atoms with Gasteiger partial charge in [-0.15, -0.1) is 0 Å². The summed E-state index contributed by atoms with van der Waals surface area (Å²) in [5.74, 6) is 0.169. The highest BCUT2D eigenvalue weighted by molar-refractivity contribution is 5.81. The number of hydrogen-bond acceptors (Lipinski definition) is 3. The molecule has 0 spiro atoms. The predicted octanol–water partition coefficient (Wildman–Crippen LogP) is 1.10. The van der Waals surface area contributed by atoms with Gasteiger partial charge in [-0.2, -0.15) is 0 Å². The van der Waals surface area contributed by atoms with E-state index in [2.05, 4.69) is 17.1 Å². The Kier molecular flexibility index (Phi) is 6.52. The molecule has 1 fully saturated rings. The molecule has 0 aromatic rings. The molecule has 1 aliphatic rings. The molecule has 4 nitrogen and oxygen atoms in total. The zero-order chi connectivity index (χ0) is 12.7. The Morgan fingerprint density at radius 1 is 1.47 bits per heavy atom. The van der Waals surface area contributed by atoms with E-state index in [-0.39, 0.29) is 11.9 Å². The first-order valence-electron chi connectivity index (χ1n) is 6.94. The molecule has 1 atom stereocenters. The van der Waals surface area contributed by atoms with Crippen LogP contribution in [0.5, 0.6) is 0 Å². The molecule has 3 N–H and O–H groups in total. The van der Waals surface area contributed by atoms with E-state index in [1.807, 2.05) is 6.92 Å². The second-order valence-electron chi connectivity index (χ2n) is 4.93. The third kappa shape index (κ3) is 5.04. The second kappa shape index (κ2) is 7.67. The van der Waals surface area contributed by atoms with Gasteiger partial charge < -0.3 is 11.1 Å². The third-order valence-corrected chi connectivity index (χ3v) is 3.34. The number of nitrogens with zero attached hydrogens (tertiary/aromatic N) is 1. The summed E-state index contributed by atoms with van der Waals surface area (Å²) in [6, 6.07) is 0.611. The number of nitrogens with one attached hydrogen (secondary N) is 1. The van der Waals surface area contributed by atoms with Crippen molar-refractivity contribution in [3.05, 3.63) is 0 Å². The van der Waals surface area contributed by atoms with Crippen LogP contribution in [0.25, 0.3) is 0 Å². The van der Waals surface area contributed by atoms with Crippen LogP contribution in [0.4, 0.5) is 0 Å². The first kappa shape index (κ1) is 14.5. The molecule has 1 unspecified atom stereocenters. The zero-order valence-electron chi connectivity index (χ0n) is 11.2. The number of rotatable bonds is 9. The van der Waals surface area contributed by atoms with E-state index >= 15 is 0 Å². The maximum Gasteiger partial charge on any atom is 0.237 e. The number of amides is 1. The fraction of sp³-hybridized carbons (Fsp3) is 0.923. The molecule has 1 aliphatic carbocycles. The van der Waals surface area contributed by atoms with E-state index < -0.39 is 0 Å². The predicted molar refractivity (Wildman–Crippen MR) is 70.8 cm³/mol. The molecule has 0 aliphatic heterocycles. The van der Waals surface area contributed by atoms with Crippen molar-refractivity contribution < 1.29 is 4.79 Å². The Morgan fingerprint density at radius 3 is 2.71 bits per heavy atom. The minimum Gasteiger partial charge on any atom is -0.355 e. The summed E-state index contributed by atoms with van der Waals surface area (Å²) in [5, 5.41) is 3.01. The van der Waals surface area contributed by atoms with Crippen molar-refractivity contribution in [2.45, 2.75) is 58.0 Å². The number of unbranched alkanes of at least 4 members (excludes halogenated alkanes) is 1. The molecule has 0 heterocycles. The SMILES string of the molecule is CCCCNC(=O)C(C)N(CCCN)C1CC1.